The Morgan fingerprint density at radius 2 is 1.53 bits per heavy atom. The van der Waals surface area contributed by atoms with Crippen molar-refractivity contribution >= 4 is 46.6 Å². The first-order valence-corrected chi connectivity index (χ1v) is 10.2. The number of anilines is 2. The number of rotatable bonds is 8. The smallest absolute Gasteiger partial charge is 0.335 e. The number of nitrogens with one attached hydrogen (secondary N) is 2. The molecule has 0 aromatic heterocycles. The summed E-state index contributed by atoms with van der Waals surface area (Å²) in [6, 6.07) is 18.1. The van der Waals surface area contributed by atoms with Gasteiger partial charge in [-0.25, -0.2) is 4.79 Å². The molecule has 0 heterocycles. The van der Waals surface area contributed by atoms with Crippen LogP contribution in [0.1, 0.15) is 20.7 Å². The summed E-state index contributed by atoms with van der Waals surface area (Å²) in [4.78, 5) is 46.5. The number of carbonyl (C=O) groups excluding carboxylic acids is 2. The fraction of sp³-hybridized carbons (Fsp3) is 0.0455. The highest BCUT2D eigenvalue weighted by Crippen LogP contribution is 2.23. The third-order valence-electron chi connectivity index (χ3n) is 4.20. The van der Waals surface area contributed by atoms with Gasteiger partial charge in [0, 0.05) is 34.0 Å². The van der Waals surface area contributed by atoms with Gasteiger partial charge in [-0.05, 0) is 48.5 Å². The molecule has 0 radical (unpaired) electrons. The Morgan fingerprint density at radius 3 is 2.19 bits per heavy atom. The summed E-state index contributed by atoms with van der Waals surface area (Å²) in [6.07, 6.45) is 0. The largest absolute Gasteiger partial charge is 0.478 e. The number of nitro benzene ring substituents is 1. The predicted octanol–water partition coefficient (Wildman–Crippen LogP) is 4.28. The predicted molar refractivity (Wildman–Crippen MR) is 120 cm³/mol. The molecule has 3 rings (SSSR count). The average molecular weight is 451 g/mol. The van der Waals surface area contributed by atoms with Crippen molar-refractivity contribution in [2.45, 2.75) is 4.90 Å². The Labute approximate surface area is 186 Å². The summed E-state index contributed by atoms with van der Waals surface area (Å²) in [6.45, 7) is 0. The molecule has 10 heteroatoms. The number of amides is 2. The molecule has 32 heavy (non-hydrogen) atoms. The Hall–Kier alpha value is -4.18. The number of nitro groups is 1. The molecule has 0 aliphatic carbocycles. The minimum atomic E-state index is -1.08. The number of hydrogen-bond acceptors (Lipinski definition) is 6. The highest BCUT2D eigenvalue weighted by Gasteiger charge is 2.11. The van der Waals surface area contributed by atoms with E-state index < -0.39 is 16.8 Å². The number of carboxylic acids is 1. The molecule has 0 bridgehead atoms. The first-order valence-electron chi connectivity index (χ1n) is 9.24. The van der Waals surface area contributed by atoms with Crippen molar-refractivity contribution in [2.75, 3.05) is 16.4 Å². The molecule has 0 unspecified atom stereocenters. The van der Waals surface area contributed by atoms with E-state index in [2.05, 4.69) is 10.6 Å². The molecule has 0 saturated carbocycles. The van der Waals surface area contributed by atoms with Gasteiger partial charge in [-0.2, -0.15) is 0 Å². The fourth-order valence-corrected chi connectivity index (χ4v) is 3.43. The van der Waals surface area contributed by atoms with Crippen LogP contribution in [0.25, 0.3) is 0 Å². The summed E-state index contributed by atoms with van der Waals surface area (Å²) in [5, 5.41) is 25.1. The van der Waals surface area contributed by atoms with Crippen LogP contribution in [0.15, 0.2) is 77.7 Å². The van der Waals surface area contributed by atoms with E-state index in [-0.39, 0.29) is 28.5 Å². The van der Waals surface area contributed by atoms with Gasteiger partial charge in [-0.3, -0.25) is 19.7 Å². The number of non-ortho nitro benzene ring substituents is 1. The number of thioether (sulfide) groups is 1. The Balaban J connectivity index is 1.57. The molecule has 2 amide bonds. The third kappa shape index (κ3) is 6.16. The molecule has 3 N–H and O–H groups in total. The Kier molecular flexibility index (Phi) is 7.19. The van der Waals surface area contributed by atoms with Crippen molar-refractivity contribution in [3.63, 3.8) is 0 Å². The van der Waals surface area contributed by atoms with Crippen LogP contribution in [0.4, 0.5) is 17.1 Å². The van der Waals surface area contributed by atoms with Crippen LogP contribution < -0.4 is 10.6 Å². The van der Waals surface area contributed by atoms with Gasteiger partial charge >= 0.3 is 5.97 Å². The van der Waals surface area contributed by atoms with E-state index in [1.807, 2.05) is 0 Å². The molecule has 162 valence electrons. The molecule has 0 aliphatic rings. The SMILES string of the molecule is O=C(CSc1cccc(NC(=O)c2ccc([N+](=O)[O-])cc2)c1)Nc1cccc(C(=O)O)c1. The molecule has 0 spiro atoms. The lowest BCUT2D eigenvalue weighted by Gasteiger charge is -2.08. The van der Waals surface area contributed by atoms with Gasteiger partial charge in [0.1, 0.15) is 0 Å². The minimum Gasteiger partial charge on any atom is -0.478 e. The second-order valence-electron chi connectivity index (χ2n) is 6.51. The molecule has 0 fully saturated rings. The lowest BCUT2D eigenvalue weighted by molar-refractivity contribution is -0.384. The molecule has 3 aromatic carbocycles. The first-order chi connectivity index (χ1) is 15.3. The van der Waals surface area contributed by atoms with Crippen LogP contribution >= 0.6 is 11.8 Å². The lowest BCUT2D eigenvalue weighted by Crippen LogP contribution is -2.14. The zero-order chi connectivity index (χ0) is 23.1. The number of nitrogens with zero attached hydrogens (tertiary/aromatic N) is 1. The molecular formula is C22H17N3O6S. The topological polar surface area (TPSA) is 139 Å². The van der Waals surface area contributed by atoms with Crippen molar-refractivity contribution in [1.82, 2.24) is 0 Å². The molecule has 0 saturated heterocycles. The molecule has 0 aliphatic heterocycles. The van der Waals surface area contributed by atoms with E-state index in [0.29, 0.717) is 11.4 Å². The van der Waals surface area contributed by atoms with E-state index in [0.717, 1.165) is 4.90 Å². The van der Waals surface area contributed by atoms with Gasteiger partial charge in [0.25, 0.3) is 11.6 Å². The summed E-state index contributed by atoms with van der Waals surface area (Å²) in [7, 11) is 0. The quantitative estimate of drug-likeness (QED) is 0.264. The number of carboxylic acid groups (broad SMARTS) is 1. The average Bonchev–Trinajstić information content (AvgIpc) is 2.78. The van der Waals surface area contributed by atoms with Gasteiger partial charge < -0.3 is 15.7 Å². The number of benzene rings is 3. The zero-order valence-electron chi connectivity index (χ0n) is 16.5. The maximum absolute atomic E-state index is 12.4. The number of aromatic carboxylic acids is 1. The molecular weight excluding hydrogens is 434 g/mol. The van der Waals surface area contributed by atoms with Crippen molar-refractivity contribution < 1.29 is 24.4 Å². The minimum absolute atomic E-state index is 0.0758. The summed E-state index contributed by atoms with van der Waals surface area (Å²) >= 11 is 1.25. The third-order valence-corrected chi connectivity index (χ3v) is 5.19. The van der Waals surface area contributed by atoms with Crippen LogP contribution in [0.3, 0.4) is 0 Å². The summed E-state index contributed by atoms with van der Waals surface area (Å²) in [5.74, 6) is -1.73. The van der Waals surface area contributed by atoms with Crippen molar-refractivity contribution in [2.24, 2.45) is 0 Å². The number of hydrogen-bond donors (Lipinski definition) is 3. The van der Waals surface area contributed by atoms with Crippen molar-refractivity contribution in [3.8, 4) is 0 Å². The van der Waals surface area contributed by atoms with Crippen LogP contribution in [0, 0.1) is 10.1 Å². The fourth-order valence-electron chi connectivity index (χ4n) is 2.68. The Morgan fingerprint density at radius 1 is 0.875 bits per heavy atom. The van der Waals surface area contributed by atoms with Crippen molar-refractivity contribution in [1.29, 1.82) is 0 Å². The van der Waals surface area contributed by atoms with Crippen LogP contribution in [-0.2, 0) is 4.79 Å². The van der Waals surface area contributed by atoms with Crippen LogP contribution in [0.5, 0.6) is 0 Å². The standard InChI is InChI=1S/C22H17N3O6S/c26-20(23-16-4-1-3-15(11-16)22(28)29)13-32-19-6-2-5-17(12-19)24-21(27)14-7-9-18(10-8-14)25(30)31/h1-12H,13H2,(H,23,26)(H,24,27)(H,28,29). The molecule has 0 atom stereocenters. The van der Waals surface area contributed by atoms with E-state index in [4.69, 9.17) is 5.11 Å². The van der Waals surface area contributed by atoms with Crippen LogP contribution in [-0.4, -0.2) is 33.6 Å². The van der Waals surface area contributed by atoms with Gasteiger partial charge in [0.2, 0.25) is 5.91 Å². The monoisotopic (exact) mass is 451 g/mol. The number of carbonyl (C=O) groups is 3. The molecule has 9 nitrogen and oxygen atoms in total. The normalized spacial score (nSPS) is 10.2. The van der Waals surface area contributed by atoms with E-state index >= 15 is 0 Å². The van der Waals surface area contributed by atoms with Gasteiger partial charge in [0.15, 0.2) is 0 Å². The maximum Gasteiger partial charge on any atom is 0.335 e. The highest BCUT2D eigenvalue weighted by atomic mass is 32.2. The molecule has 3 aromatic rings. The first kappa shape index (κ1) is 22.5. The lowest BCUT2D eigenvalue weighted by atomic mass is 10.2. The van der Waals surface area contributed by atoms with E-state index in [1.54, 1.807) is 36.4 Å². The summed E-state index contributed by atoms with van der Waals surface area (Å²) in [5.41, 5.74) is 1.14. The van der Waals surface area contributed by atoms with E-state index in [1.165, 1.54) is 48.2 Å². The van der Waals surface area contributed by atoms with Crippen molar-refractivity contribution in [3.05, 3.63) is 94.0 Å². The maximum atomic E-state index is 12.4. The zero-order valence-corrected chi connectivity index (χ0v) is 17.3. The van der Waals surface area contributed by atoms with Crippen LogP contribution in [0.2, 0.25) is 0 Å². The second-order valence-corrected chi connectivity index (χ2v) is 7.56. The van der Waals surface area contributed by atoms with Gasteiger partial charge in [-0.1, -0.05) is 12.1 Å². The van der Waals surface area contributed by atoms with Gasteiger partial charge in [-0.15, -0.1) is 11.8 Å². The highest BCUT2D eigenvalue weighted by molar-refractivity contribution is 8.00. The summed E-state index contributed by atoms with van der Waals surface area (Å²) < 4.78 is 0. The van der Waals surface area contributed by atoms with E-state index in [9.17, 15) is 24.5 Å². The van der Waals surface area contributed by atoms with Gasteiger partial charge in [0.05, 0.1) is 16.2 Å². The Bertz CT molecular complexity index is 1180. The second kappa shape index (κ2) is 10.2.